The Balaban J connectivity index is 1.81. The molecule has 13 heavy (non-hydrogen) atoms. The number of nitrogens with one attached hydrogen (secondary N) is 1. The molecule has 0 aliphatic heterocycles. The normalized spacial score (nSPS) is 15.8. The summed E-state index contributed by atoms with van der Waals surface area (Å²) in [7, 11) is 0. The van der Waals surface area contributed by atoms with Crippen molar-refractivity contribution >= 4 is 0 Å². The van der Waals surface area contributed by atoms with Gasteiger partial charge in [0.15, 0.2) is 0 Å². The average molecular weight is 177 g/mol. The van der Waals surface area contributed by atoms with Crippen LogP contribution in [-0.4, -0.2) is 12.6 Å². The van der Waals surface area contributed by atoms with Crippen molar-refractivity contribution in [1.82, 2.24) is 5.32 Å². The van der Waals surface area contributed by atoms with E-state index < -0.39 is 0 Å². The molecule has 0 spiro atoms. The van der Waals surface area contributed by atoms with Crippen LogP contribution in [-0.2, 0) is 0 Å². The minimum Gasteiger partial charge on any atom is -0.314 e. The lowest BCUT2D eigenvalue weighted by Crippen LogP contribution is -2.16. The molecule has 0 amide bonds. The van der Waals surface area contributed by atoms with Crippen LogP contribution in [0.3, 0.4) is 0 Å². The molecule has 1 aliphatic carbocycles. The highest BCUT2D eigenvalue weighted by molar-refractivity contribution is 4.97. The Morgan fingerprint density at radius 3 is 2.77 bits per heavy atom. The zero-order chi connectivity index (χ0) is 9.36. The molecule has 1 fully saturated rings. The fraction of sp³-hybridized carbons (Fsp3) is 0.667. The monoisotopic (exact) mass is 177 g/mol. The maximum atomic E-state index is 3.48. The Kier molecular flexibility index (Phi) is 5.36. The molecule has 72 valence electrons. The first-order valence-corrected chi connectivity index (χ1v) is 5.21. The van der Waals surface area contributed by atoms with Crippen LogP contribution >= 0.6 is 0 Å². The Labute approximate surface area is 81.6 Å². The second-order valence-electron chi connectivity index (χ2n) is 3.45. The number of hydrogen-bond acceptors (Lipinski definition) is 1. The van der Waals surface area contributed by atoms with Gasteiger partial charge in [-0.15, -0.1) is 11.8 Å². The molecule has 1 saturated carbocycles. The number of hydrogen-bond donors (Lipinski definition) is 1. The summed E-state index contributed by atoms with van der Waals surface area (Å²) in [6.07, 6.45) is 10.5. The lowest BCUT2D eigenvalue weighted by molar-refractivity contribution is 0.689. The van der Waals surface area contributed by atoms with Crippen LogP contribution in [0.2, 0.25) is 0 Å². The molecule has 0 saturated heterocycles. The van der Waals surface area contributed by atoms with Crippen LogP contribution in [0, 0.1) is 11.8 Å². The van der Waals surface area contributed by atoms with Crippen LogP contribution in [0.4, 0.5) is 0 Å². The smallest absolute Gasteiger partial charge is 0.0123 e. The van der Waals surface area contributed by atoms with E-state index in [1.807, 2.05) is 6.92 Å². The fourth-order valence-corrected chi connectivity index (χ4v) is 1.17. The minimum absolute atomic E-state index is 0.847. The summed E-state index contributed by atoms with van der Waals surface area (Å²) >= 11 is 0. The van der Waals surface area contributed by atoms with E-state index in [1.54, 1.807) is 0 Å². The van der Waals surface area contributed by atoms with Gasteiger partial charge in [-0.25, -0.2) is 0 Å². The molecule has 0 unspecified atom stereocenters. The number of rotatable bonds is 6. The molecule has 0 atom stereocenters. The number of unbranched alkanes of at least 4 members (excludes halogenated alkanes) is 1. The van der Waals surface area contributed by atoms with Crippen molar-refractivity contribution in [2.75, 3.05) is 6.54 Å². The predicted molar refractivity (Wildman–Crippen MR) is 57.5 cm³/mol. The SMILES string of the molecule is CC#CCC/C=C/CCNC1CC1. The van der Waals surface area contributed by atoms with Crippen molar-refractivity contribution in [3.8, 4) is 11.8 Å². The van der Waals surface area contributed by atoms with Gasteiger partial charge in [-0.2, -0.15) is 0 Å². The van der Waals surface area contributed by atoms with Gasteiger partial charge in [-0.05, 0) is 39.2 Å². The third-order valence-electron chi connectivity index (χ3n) is 2.10. The molecule has 0 radical (unpaired) electrons. The Bertz CT molecular complexity index is 203. The van der Waals surface area contributed by atoms with Gasteiger partial charge in [-0.1, -0.05) is 12.2 Å². The molecule has 1 rings (SSSR count). The van der Waals surface area contributed by atoms with Gasteiger partial charge < -0.3 is 5.32 Å². The highest BCUT2D eigenvalue weighted by atomic mass is 14.9. The molecule has 1 nitrogen and oxygen atoms in total. The summed E-state index contributed by atoms with van der Waals surface area (Å²) in [6.45, 7) is 3.03. The van der Waals surface area contributed by atoms with Crippen molar-refractivity contribution in [3.63, 3.8) is 0 Å². The van der Waals surface area contributed by atoms with Crippen molar-refractivity contribution in [3.05, 3.63) is 12.2 Å². The molecular weight excluding hydrogens is 158 g/mol. The minimum atomic E-state index is 0.847. The summed E-state index contributed by atoms with van der Waals surface area (Å²) in [6, 6.07) is 0.847. The van der Waals surface area contributed by atoms with Crippen molar-refractivity contribution in [2.24, 2.45) is 0 Å². The third kappa shape index (κ3) is 6.42. The van der Waals surface area contributed by atoms with Gasteiger partial charge in [0.05, 0.1) is 0 Å². The van der Waals surface area contributed by atoms with E-state index in [0.717, 1.165) is 31.8 Å². The molecular formula is C12H19N. The van der Waals surface area contributed by atoms with E-state index in [-0.39, 0.29) is 0 Å². The second-order valence-corrected chi connectivity index (χ2v) is 3.45. The average Bonchev–Trinajstić information content (AvgIpc) is 2.93. The summed E-state index contributed by atoms with van der Waals surface area (Å²) in [5.41, 5.74) is 0. The van der Waals surface area contributed by atoms with E-state index >= 15 is 0 Å². The molecule has 0 aromatic heterocycles. The quantitative estimate of drug-likeness (QED) is 0.373. The third-order valence-corrected chi connectivity index (χ3v) is 2.10. The fourth-order valence-electron chi connectivity index (χ4n) is 1.17. The van der Waals surface area contributed by atoms with Gasteiger partial charge in [0.2, 0.25) is 0 Å². The number of allylic oxidation sites excluding steroid dienone is 1. The highest BCUT2D eigenvalue weighted by Gasteiger charge is 2.18. The van der Waals surface area contributed by atoms with E-state index in [9.17, 15) is 0 Å². The van der Waals surface area contributed by atoms with Crippen LogP contribution in [0.1, 0.15) is 39.0 Å². The summed E-state index contributed by atoms with van der Waals surface area (Å²) in [5, 5.41) is 3.48. The van der Waals surface area contributed by atoms with Gasteiger partial charge in [0.1, 0.15) is 0 Å². The first kappa shape index (κ1) is 10.3. The van der Waals surface area contributed by atoms with Crippen molar-refractivity contribution in [2.45, 2.75) is 45.1 Å². The van der Waals surface area contributed by atoms with E-state index in [0.29, 0.717) is 0 Å². The summed E-state index contributed by atoms with van der Waals surface area (Å²) < 4.78 is 0. The second kappa shape index (κ2) is 6.74. The van der Waals surface area contributed by atoms with E-state index in [4.69, 9.17) is 0 Å². The van der Waals surface area contributed by atoms with Crippen LogP contribution < -0.4 is 5.32 Å². The maximum Gasteiger partial charge on any atom is 0.0123 e. The van der Waals surface area contributed by atoms with Gasteiger partial charge in [0, 0.05) is 12.5 Å². The van der Waals surface area contributed by atoms with Gasteiger partial charge in [-0.3, -0.25) is 0 Å². The lowest BCUT2D eigenvalue weighted by Gasteiger charge is -1.96. The Hall–Kier alpha value is -0.740. The first-order chi connectivity index (χ1) is 6.43. The zero-order valence-electron chi connectivity index (χ0n) is 8.47. The predicted octanol–water partition coefficient (Wildman–Crippen LogP) is 2.49. The van der Waals surface area contributed by atoms with Crippen molar-refractivity contribution in [1.29, 1.82) is 0 Å². The van der Waals surface area contributed by atoms with Gasteiger partial charge in [0.25, 0.3) is 0 Å². The molecule has 0 bridgehead atoms. The summed E-state index contributed by atoms with van der Waals surface area (Å²) in [4.78, 5) is 0. The highest BCUT2D eigenvalue weighted by Crippen LogP contribution is 2.18. The van der Waals surface area contributed by atoms with Crippen LogP contribution in [0.25, 0.3) is 0 Å². The largest absolute Gasteiger partial charge is 0.314 e. The Morgan fingerprint density at radius 2 is 2.08 bits per heavy atom. The standard InChI is InChI=1S/C12H19N/c1-2-3-4-5-6-7-8-11-13-12-9-10-12/h6-7,12-13H,4-5,8-11H2,1H3/b7-6+. The van der Waals surface area contributed by atoms with Gasteiger partial charge >= 0.3 is 0 Å². The van der Waals surface area contributed by atoms with Crippen molar-refractivity contribution < 1.29 is 0 Å². The summed E-state index contributed by atoms with van der Waals surface area (Å²) in [5.74, 6) is 5.95. The molecule has 1 N–H and O–H groups in total. The molecule has 1 heteroatoms. The molecule has 1 aliphatic rings. The van der Waals surface area contributed by atoms with Crippen LogP contribution in [0.5, 0.6) is 0 Å². The molecule has 0 aromatic carbocycles. The van der Waals surface area contributed by atoms with E-state index in [2.05, 4.69) is 29.3 Å². The lowest BCUT2D eigenvalue weighted by atomic mass is 10.2. The zero-order valence-corrected chi connectivity index (χ0v) is 8.47. The Morgan fingerprint density at radius 1 is 1.31 bits per heavy atom. The topological polar surface area (TPSA) is 12.0 Å². The maximum absolute atomic E-state index is 3.48. The molecule has 0 aromatic rings. The first-order valence-electron chi connectivity index (χ1n) is 5.21. The van der Waals surface area contributed by atoms with E-state index in [1.165, 1.54) is 12.8 Å². The molecule has 0 heterocycles. The van der Waals surface area contributed by atoms with Crippen LogP contribution in [0.15, 0.2) is 12.2 Å².